The Kier molecular flexibility index (Phi) is 3.21. The molecule has 0 aliphatic rings. The van der Waals surface area contributed by atoms with Crippen LogP contribution in [-0.4, -0.2) is 16.8 Å². The highest BCUT2D eigenvalue weighted by Gasteiger charge is 2.00. The maximum absolute atomic E-state index is 5.62. The zero-order valence-electron chi connectivity index (χ0n) is 8.47. The lowest BCUT2D eigenvalue weighted by Gasteiger charge is -2.04. The number of aromatic amines is 1. The average molecular weight is 237 g/mol. The second-order valence-electron chi connectivity index (χ2n) is 3.18. The summed E-state index contributed by atoms with van der Waals surface area (Å²) in [5.74, 6) is 1.27. The number of anilines is 1. The van der Waals surface area contributed by atoms with Gasteiger partial charge in [0.1, 0.15) is 5.75 Å². The van der Waals surface area contributed by atoms with Gasteiger partial charge < -0.3 is 14.9 Å². The molecule has 1 aromatic heterocycles. The van der Waals surface area contributed by atoms with Gasteiger partial charge in [-0.3, -0.25) is 0 Å². The van der Waals surface area contributed by atoms with Crippen LogP contribution in [-0.2, 0) is 6.42 Å². The van der Waals surface area contributed by atoms with Crippen molar-refractivity contribution in [3.63, 3.8) is 0 Å². The van der Waals surface area contributed by atoms with Crippen LogP contribution in [0.4, 0.5) is 5.69 Å². The standard InChI is InChI=1S/C10H11N3O2S/c11-7-2-1-3-8(6-7)14-5-4-9-12-13-10(16)15-9/h1-3,6H,4-5,11H2,(H,13,16). The van der Waals surface area contributed by atoms with Gasteiger partial charge in [-0.2, -0.15) is 0 Å². The molecule has 1 aromatic carbocycles. The van der Waals surface area contributed by atoms with Crippen LogP contribution in [0.3, 0.4) is 0 Å². The van der Waals surface area contributed by atoms with Crippen molar-refractivity contribution >= 4 is 17.9 Å². The molecule has 0 atom stereocenters. The number of nitrogens with zero attached hydrogens (tertiary/aromatic N) is 1. The minimum Gasteiger partial charge on any atom is -0.493 e. The molecular formula is C10H11N3O2S. The van der Waals surface area contributed by atoms with Crippen molar-refractivity contribution in [3.05, 3.63) is 35.0 Å². The first kappa shape index (κ1) is 10.7. The lowest BCUT2D eigenvalue weighted by molar-refractivity contribution is 0.305. The third kappa shape index (κ3) is 2.83. The Balaban J connectivity index is 1.86. The first-order valence-electron chi connectivity index (χ1n) is 4.77. The number of nitrogens with one attached hydrogen (secondary N) is 1. The summed E-state index contributed by atoms with van der Waals surface area (Å²) in [7, 11) is 0. The number of rotatable bonds is 4. The molecule has 0 aliphatic carbocycles. The van der Waals surface area contributed by atoms with Crippen LogP contribution in [0.15, 0.2) is 28.7 Å². The van der Waals surface area contributed by atoms with Crippen molar-refractivity contribution in [2.45, 2.75) is 6.42 Å². The van der Waals surface area contributed by atoms with Crippen LogP contribution in [0.25, 0.3) is 0 Å². The fourth-order valence-corrected chi connectivity index (χ4v) is 1.37. The SMILES string of the molecule is Nc1cccc(OCCc2n[nH]c(=S)o2)c1. The molecule has 0 saturated carbocycles. The quantitative estimate of drug-likeness (QED) is 0.627. The number of benzene rings is 1. The summed E-state index contributed by atoms with van der Waals surface area (Å²) in [6.45, 7) is 0.465. The van der Waals surface area contributed by atoms with E-state index in [1.54, 1.807) is 12.1 Å². The van der Waals surface area contributed by atoms with E-state index in [0.717, 1.165) is 5.75 Å². The number of aromatic nitrogens is 2. The summed E-state index contributed by atoms with van der Waals surface area (Å²) in [5, 5.41) is 6.41. The molecule has 0 saturated heterocycles. The maximum atomic E-state index is 5.62. The number of hydrogen-bond acceptors (Lipinski definition) is 5. The molecule has 0 unspecified atom stereocenters. The van der Waals surface area contributed by atoms with E-state index in [4.69, 9.17) is 27.1 Å². The van der Waals surface area contributed by atoms with Gasteiger partial charge in [0.2, 0.25) is 5.89 Å². The van der Waals surface area contributed by atoms with Gasteiger partial charge in [0.15, 0.2) is 0 Å². The van der Waals surface area contributed by atoms with Crippen molar-refractivity contribution in [1.82, 2.24) is 10.2 Å². The average Bonchev–Trinajstić information content (AvgIpc) is 2.64. The van der Waals surface area contributed by atoms with Crippen molar-refractivity contribution < 1.29 is 9.15 Å². The Hall–Kier alpha value is -1.82. The lowest BCUT2D eigenvalue weighted by Crippen LogP contribution is -2.01. The fraction of sp³-hybridized carbons (Fsp3) is 0.200. The van der Waals surface area contributed by atoms with Gasteiger partial charge in [-0.15, -0.1) is 5.10 Å². The number of nitrogen functional groups attached to an aromatic ring is 1. The predicted molar refractivity (Wildman–Crippen MR) is 61.7 cm³/mol. The zero-order chi connectivity index (χ0) is 11.4. The van der Waals surface area contributed by atoms with Gasteiger partial charge in [0.05, 0.1) is 13.0 Å². The first-order valence-corrected chi connectivity index (χ1v) is 5.17. The fourth-order valence-electron chi connectivity index (χ4n) is 1.23. The second-order valence-corrected chi connectivity index (χ2v) is 3.55. The predicted octanol–water partition coefficient (Wildman–Crippen LogP) is 1.94. The largest absolute Gasteiger partial charge is 0.493 e. The monoisotopic (exact) mass is 237 g/mol. The van der Waals surface area contributed by atoms with Crippen LogP contribution < -0.4 is 10.5 Å². The molecule has 2 rings (SSSR count). The Morgan fingerprint density at radius 3 is 3.06 bits per heavy atom. The molecule has 0 spiro atoms. The van der Waals surface area contributed by atoms with E-state index in [9.17, 15) is 0 Å². The van der Waals surface area contributed by atoms with Crippen molar-refractivity contribution in [2.24, 2.45) is 0 Å². The first-order chi connectivity index (χ1) is 7.74. The minimum atomic E-state index is 0.277. The summed E-state index contributed by atoms with van der Waals surface area (Å²) in [4.78, 5) is 0.277. The van der Waals surface area contributed by atoms with Gasteiger partial charge in [0, 0.05) is 11.8 Å². The molecule has 0 radical (unpaired) electrons. The highest BCUT2D eigenvalue weighted by molar-refractivity contribution is 7.71. The second kappa shape index (κ2) is 4.80. The van der Waals surface area contributed by atoms with E-state index < -0.39 is 0 Å². The summed E-state index contributed by atoms with van der Waals surface area (Å²) >= 11 is 4.75. The molecule has 6 heteroatoms. The minimum absolute atomic E-state index is 0.277. The Bertz CT molecular complexity index is 521. The summed E-state index contributed by atoms with van der Waals surface area (Å²) in [6, 6.07) is 7.25. The highest BCUT2D eigenvalue weighted by Crippen LogP contribution is 2.14. The normalized spacial score (nSPS) is 10.2. The van der Waals surface area contributed by atoms with Crippen LogP contribution in [0.1, 0.15) is 5.89 Å². The van der Waals surface area contributed by atoms with E-state index in [1.807, 2.05) is 12.1 Å². The number of ether oxygens (including phenoxy) is 1. The Morgan fingerprint density at radius 1 is 1.50 bits per heavy atom. The van der Waals surface area contributed by atoms with Crippen LogP contribution >= 0.6 is 12.2 Å². The summed E-state index contributed by atoms with van der Waals surface area (Å²) < 4.78 is 10.6. The molecule has 2 aromatic rings. The molecule has 16 heavy (non-hydrogen) atoms. The topological polar surface area (TPSA) is 77.1 Å². The summed E-state index contributed by atoms with van der Waals surface area (Å²) in [6.07, 6.45) is 0.557. The van der Waals surface area contributed by atoms with Crippen molar-refractivity contribution in [1.29, 1.82) is 0 Å². The number of H-pyrrole nitrogens is 1. The Labute approximate surface area is 97.2 Å². The third-order valence-electron chi connectivity index (χ3n) is 1.93. The van der Waals surface area contributed by atoms with Gasteiger partial charge in [-0.05, 0) is 24.4 Å². The maximum Gasteiger partial charge on any atom is 0.284 e. The van der Waals surface area contributed by atoms with Crippen LogP contribution in [0.5, 0.6) is 5.75 Å². The lowest BCUT2D eigenvalue weighted by atomic mass is 10.3. The molecule has 0 fully saturated rings. The molecule has 5 nitrogen and oxygen atoms in total. The van der Waals surface area contributed by atoms with Crippen LogP contribution in [0, 0.1) is 4.84 Å². The van der Waals surface area contributed by atoms with E-state index in [-0.39, 0.29) is 4.84 Å². The van der Waals surface area contributed by atoms with Gasteiger partial charge in [0.25, 0.3) is 4.84 Å². The Morgan fingerprint density at radius 2 is 2.38 bits per heavy atom. The number of nitrogens with two attached hydrogens (primary N) is 1. The van der Waals surface area contributed by atoms with E-state index in [2.05, 4.69) is 10.2 Å². The van der Waals surface area contributed by atoms with Crippen LogP contribution in [0.2, 0.25) is 0 Å². The van der Waals surface area contributed by atoms with Gasteiger partial charge in [-0.25, -0.2) is 5.10 Å². The van der Waals surface area contributed by atoms with Crippen molar-refractivity contribution in [3.8, 4) is 5.75 Å². The number of hydrogen-bond donors (Lipinski definition) is 2. The van der Waals surface area contributed by atoms with Gasteiger partial charge >= 0.3 is 0 Å². The molecule has 0 aliphatic heterocycles. The molecule has 0 bridgehead atoms. The summed E-state index contributed by atoms with van der Waals surface area (Å²) in [5.41, 5.74) is 6.29. The van der Waals surface area contributed by atoms with E-state index >= 15 is 0 Å². The molecule has 1 heterocycles. The van der Waals surface area contributed by atoms with Gasteiger partial charge in [-0.1, -0.05) is 6.07 Å². The third-order valence-corrected chi connectivity index (χ3v) is 2.10. The molecule has 0 amide bonds. The molecular weight excluding hydrogens is 226 g/mol. The highest BCUT2D eigenvalue weighted by atomic mass is 32.1. The molecule has 3 N–H and O–H groups in total. The van der Waals surface area contributed by atoms with E-state index in [1.165, 1.54) is 0 Å². The van der Waals surface area contributed by atoms with Crippen molar-refractivity contribution in [2.75, 3.05) is 12.3 Å². The molecule has 84 valence electrons. The zero-order valence-corrected chi connectivity index (χ0v) is 9.29. The smallest absolute Gasteiger partial charge is 0.284 e. The van der Waals surface area contributed by atoms with E-state index in [0.29, 0.717) is 24.6 Å².